The van der Waals surface area contributed by atoms with Crippen LogP contribution < -0.4 is 5.32 Å². The summed E-state index contributed by atoms with van der Waals surface area (Å²) in [6.45, 7) is 3.69. The SMILES string of the molecule is CC(=O)C1=C(C)N(Cc2ccco2)C(=O)N[C@@H]1CCc1ccccc1. The lowest BCUT2D eigenvalue weighted by molar-refractivity contribution is -0.114. The minimum absolute atomic E-state index is 0.0139. The number of carbonyl (C=O) groups is 2. The van der Waals surface area contributed by atoms with Gasteiger partial charge in [-0.05, 0) is 44.4 Å². The van der Waals surface area contributed by atoms with Gasteiger partial charge in [0.15, 0.2) is 5.78 Å². The second-order valence-corrected chi connectivity index (χ2v) is 6.25. The summed E-state index contributed by atoms with van der Waals surface area (Å²) in [5.41, 5.74) is 2.56. The van der Waals surface area contributed by atoms with Gasteiger partial charge in [0, 0.05) is 11.3 Å². The largest absolute Gasteiger partial charge is 0.467 e. The van der Waals surface area contributed by atoms with Gasteiger partial charge in [-0.15, -0.1) is 0 Å². The van der Waals surface area contributed by atoms with Crippen LogP contribution in [-0.4, -0.2) is 22.8 Å². The van der Waals surface area contributed by atoms with Crippen molar-refractivity contribution in [1.29, 1.82) is 0 Å². The fraction of sp³-hybridized carbons (Fsp3) is 0.300. The minimum Gasteiger partial charge on any atom is -0.467 e. The smallest absolute Gasteiger partial charge is 0.322 e. The number of hydrogen-bond acceptors (Lipinski definition) is 3. The van der Waals surface area contributed by atoms with Gasteiger partial charge in [-0.25, -0.2) is 4.79 Å². The number of aryl methyl sites for hydroxylation is 1. The summed E-state index contributed by atoms with van der Waals surface area (Å²) in [5.74, 6) is 0.667. The molecule has 5 heteroatoms. The number of furan rings is 1. The second kappa shape index (κ2) is 7.38. The van der Waals surface area contributed by atoms with Crippen LogP contribution in [0.15, 0.2) is 64.4 Å². The highest BCUT2D eigenvalue weighted by Gasteiger charge is 2.33. The summed E-state index contributed by atoms with van der Waals surface area (Å²) in [4.78, 5) is 26.3. The summed E-state index contributed by atoms with van der Waals surface area (Å²) in [7, 11) is 0. The highest BCUT2D eigenvalue weighted by Crippen LogP contribution is 2.25. The van der Waals surface area contributed by atoms with E-state index >= 15 is 0 Å². The normalized spacial score (nSPS) is 17.6. The number of rotatable bonds is 6. The maximum absolute atomic E-state index is 12.5. The van der Waals surface area contributed by atoms with Gasteiger partial charge < -0.3 is 9.73 Å². The average Bonchev–Trinajstić information content (AvgIpc) is 3.10. The van der Waals surface area contributed by atoms with Crippen LogP contribution in [0.2, 0.25) is 0 Å². The molecule has 0 aliphatic carbocycles. The molecule has 1 aromatic heterocycles. The predicted octanol–water partition coefficient (Wildman–Crippen LogP) is 3.67. The molecule has 0 saturated carbocycles. The summed E-state index contributed by atoms with van der Waals surface area (Å²) in [5, 5.41) is 2.98. The standard InChI is InChI=1S/C20H22N2O3/c1-14-19(15(2)23)18(11-10-16-7-4-3-5-8-16)21-20(24)22(14)13-17-9-6-12-25-17/h3-9,12,18H,10-11,13H2,1-2H3,(H,21,24)/t18-/m1/s1. The lowest BCUT2D eigenvalue weighted by atomic mass is 9.93. The first-order chi connectivity index (χ1) is 12.1. The van der Waals surface area contributed by atoms with Crippen LogP contribution in [0.1, 0.15) is 31.6 Å². The highest BCUT2D eigenvalue weighted by atomic mass is 16.3. The number of nitrogens with zero attached hydrogens (tertiary/aromatic N) is 1. The molecule has 0 saturated heterocycles. The van der Waals surface area contributed by atoms with Crippen LogP contribution >= 0.6 is 0 Å². The van der Waals surface area contributed by atoms with Crippen molar-refractivity contribution in [2.75, 3.05) is 0 Å². The fourth-order valence-corrected chi connectivity index (χ4v) is 3.27. The van der Waals surface area contributed by atoms with Crippen LogP contribution in [-0.2, 0) is 17.8 Å². The van der Waals surface area contributed by atoms with Gasteiger partial charge in [-0.2, -0.15) is 0 Å². The van der Waals surface area contributed by atoms with E-state index < -0.39 is 0 Å². The molecule has 2 aromatic rings. The van der Waals surface area contributed by atoms with Crippen molar-refractivity contribution in [2.45, 2.75) is 39.3 Å². The number of nitrogens with one attached hydrogen (secondary N) is 1. The first kappa shape index (κ1) is 17.0. The van der Waals surface area contributed by atoms with E-state index in [4.69, 9.17) is 4.42 Å². The van der Waals surface area contributed by atoms with E-state index in [1.165, 1.54) is 5.56 Å². The van der Waals surface area contributed by atoms with E-state index in [9.17, 15) is 9.59 Å². The molecule has 1 aromatic carbocycles. The van der Waals surface area contributed by atoms with Crippen LogP contribution in [0.5, 0.6) is 0 Å². The van der Waals surface area contributed by atoms with Gasteiger partial charge in [0.2, 0.25) is 0 Å². The van der Waals surface area contributed by atoms with Crippen molar-refractivity contribution in [2.24, 2.45) is 0 Å². The summed E-state index contributed by atoms with van der Waals surface area (Å²) < 4.78 is 5.33. The van der Waals surface area contributed by atoms with Crippen molar-refractivity contribution in [1.82, 2.24) is 10.2 Å². The average molecular weight is 338 g/mol. The van der Waals surface area contributed by atoms with Gasteiger partial charge in [-0.1, -0.05) is 30.3 Å². The Balaban J connectivity index is 1.81. The zero-order valence-electron chi connectivity index (χ0n) is 14.5. The van der Waals surface area contributed by atoms with Gasteiger partial charge in [0.25, 0.3) is 0 Å². The summed E-state index contributed by atoms with van der Waals surface area (Å²) in [6.07, 6.45) is 3.06. The zero-order chi connectivity index (χ0) is 17.8. The molecule has 5 nitrogen and oxygen atoms in total. The van der Waals surface area contributed by atoms with Crippen molar-refractivity contribution in [3.8, 4) is 0 Å². The minimum atomic E-state index is -0.266. The molecule has 0 radical (unpaired) electrons. The third kappa shape index (κ3) is 3.82. The zero-order valence-corrected chi connectivity index (χ0v) is 14.5. The number of ketones is 1. The second-order valence-electron chi connectivity index (χ2n) is 6.25. The van der Waals surface area contributed by atoms with E-state index in [1.807, 2.05) is 31.2 Å². The van der Waals surface area contributed by atoms with Crippen molar-refractivity contribution in [3.63, 3.8) is 0 Å². The molecule has 0 bridgehead atoms. The first-order valence-electron chi connectivity index (χ1n) is 8.42. The third-order valence-electron chi connectivity index (χ3n) is 4.52. The molecule has 1 aliphatic rings. The lowest BCUT2D eigenvalue weighted by Crippen LogP contribution is -2.51. The molecule has 0 fully saturated rings. The van der Waals surface area contributed by atoms with E-state index in [-0.39, 0.29) is 17.9 Å². The topological polar surface area (TPSA) is 62.6 Å². The Bertz CT molecular complexity index is 779. The van der Waals surface area contributed by atoms with Crippen molar-refractivity contribution < 1.29 is 14.0 Å². The predicted molar refractivity (Wildman–Crippen MR) is 94.7 cm³/mol. The monoisotopic (exact) mass is 338 g/mol. The van der Waals surface area contributed by atoms with E-state index in [0.29, 0.717) is 30.0 Å². The Hall–Kier alpha value is -2.82. The Labute approximate surface area is 147 Å². The summed E-state index contributed by atoms with van der Waals surface area (Å²) >= 11 is 0. The Morgan fingerprint density at radius 1 is 1.20 bits per heavy atom. The van der Waals surface area contributed by atoms with Crippen LogP contribution in [0.4, 0.5) is 4.79 Å². The first-order valence-corrected chi connectivity index (χ1v) is 8.42. The Kier molecular flexibility index (Phi) is 5.03. The quantitative estimate of drug-likeness (QED) is 0.874. The molecule has 2 heterocycles. The molecule has 3 rings (SSSR count). The van der Waals surface area contributed by atoms with E-state index in [0.717, 1.165) is 6.42 Å². The molecule has 25 heavy (non-hydrogen) atoms. The molecular weight excluding hydrogens is 316 g/mol. The number of benzene rings is 1. The number of urea groups is 1. The molecule has 130 valence electrons. The van der Waals surface area contributed by atoms with Crippen LogP contribution in [0.3, 0.4) is 0 Å². The van der Waals surface area contributed by atoms with Gasteiger partial charge in [0.05, 0.1) is 18.8 Å². The van der Waals surface area contributed by atoms with E-state index in [1.54, 1.807) is 24.2 Å². The molecule has 1 N–H and O–H groups in total. The number of carbonyl (C=O) groups excluding carboxylic acids is 2. The molecule has 1 atom stereocenters. The third-order valence-corrected chi connectivity index (χ3v) is 4.52. The van der Waals surface area contributed by atoms with E-state index in [2.05, 4.69) is 17.4 Å². The van der Waals surface area contributed by atoms with Crippen LogP contribution in [0.25, 0.3) is 0 Å². The van der Waals surface area contributed by atoms with Gasteiger partial charge in [0.1, 0.15) is 5.76 Å². The molecule has 1 aliphatic heterocycles. The number of allylic oxidation sites excluding steroid dienone is 1. The van der Waals surface area contributed by atoms with Crippen molar-refractivity contribution >= 4 is 11.8 Å². The molecule has 0 unspecified atom stereocenters. The molecule has 2 amide bonds. The number of hydrogen-bond donors (Lipinski definition) is 1. The fourth-order valence-electron chi connectivity index (χ4n) is 3.27. The summed E-state index contributed by atoms with van der Waals surface area (Å²) in [6, 6.07) is 13.2. The Morgan fingerprint density at radius 2 is 1.96 bits per heavy atom. The number of amides is 2. The van der Waals surface area contributed by atoms with Crippen LogP contribution in [0, 0.1) is 0 Å². The maximum atomic E-state index is 12.5. The van der Waals surface area contributed by atoms with Gasteiger partial charge >= 0.3 is 6.03 Å². The number of Topliss-reactive ketones (excluding diaryl/α,β-unsaturated/α-hetero) is 1. The van der Waals surface area contributed by atoms with Gasteiger partial charge in [-0.3, -0.25) is 9.69 Å². The molecular formula is C20H22N2O3. The highest BCUT2D eigenvalue weighted by molar-refractivity contribution is 5.98. The maximum Gasteiger partial charge on any atom is 0.322 e. The molecule has 0 spiro atoms. The Morgan fingerprint density at radius 3 is 2.60 bits per heavy atom. The lowest BCUT2D eigenvalue weighted by Gasteiger charge is -2.35. The van der Waals surface area contributed by atoms with Crippen molar-refractivity contribution in [3.05, 3.63) is 71.3 Å².